The van der Waals surface area contributed by atoms with Gasteiger partial charge < -0.3 is 21.9 Å². The SMILES string of the molecule is Nc1ccc(NCCCCCCO)nc1N. The molecule has 0 spiro atoms. The Bertz CT molecular complexity index is 317. The van der Waals surface area contributed by atoms with Crippen LogP contribution in [0.3, 0.4) is 0 Å². The number of aliphatic hydroxyl groups excluding tert-OH is 1. The van der Waals surface area contributed by atoms with Crippen LogP contribution < -0.4 is 16.8 Å². The molecule has 0 saturated carbocycles. The number of anilines is 3. The molecule has 5 nitrogen and oxygen atoms in total. The number of hydrogen-bond acceptors (Lipinski definition) is 5. The van der Waals surface area contributed by atoms with Crippen LogP contribution >= 0.6 is 0 Å². The molecule has 0 fully saturated rings. The van der Waals surface area contributed by atoms with E-state index in [0.717, 1.165) is 38.0 Å². The third-order valence-electron chi connectivity index (χ3n) is 2.35. The van der Waals surface area contributed by atoms with E-state index in [2.05, 4.69) is 10.3 Å². The van der Waals surface area contributed by atoms with Gasteiger partial charge in [-0.15, -0.1) is 0 Å². The molecule has 0 aliphatic carbocycles. The molecule has 5 heteroatoms. The molecule has 1 heterocycles. The number of pyridine rings is 1. The summed E-state index contributed by atoms with van der Waals surface area (Å²) in [4.78, 5) is 4.11. The van der Waals surface area contributed by atoms with Crippen LogP contribution in [0.2, 0.25) is 0 Å². The van der Waals surface area contributed by atoms with Gasteiger partial charge in [0.05, 0.1) is 5.69 Å². The Balaban J connectivity index is 2.19. The minimum absolute atomic E-state index is 0.281. The van der Waals surface area contributed by atoms with Crippen molar-refractivity contribution in [3.05, 3.63) is 12.1 Å². The predicted octanol–water partition coefficient (Wildman–Crippen LogP) is 1.21. The molecule has 1 aromatic heterocycles. The molecular formula is C11H20N4O. The maximum absolute atomic E-state index is 8.61. The van der Waals surface area contributed by atoms with Crippen molar-refractivity contribution in [2.24, 2.45) is 0 Å². The smallest absolute Gasteiger partial charge is 0.149 e. The molecule has 0 aliphatic rings. The van der Waals surface area contributed by atoms with E-state index in [0.29, 0.717) is 11.5 Å². The van der Waals surface area contributed by atoms with Crippen LogP contribution in [-0.4, -0.2) is 23.2 Å². The van der Waals surface area contributed by atoms with E-state index in [4.69, 9.17) is 16.6 Å². The summed E-state index contributed by atoms with van der Waals surface area (Å²) in [6.07, 6.45) is 4.12. The maximum atomic E-state index is 8.61. The van der Waals surface area contributed by atoms with Crippen molar-refractivity contribution < 1.29 is 5.11 Å². The molecule has 16 heavy (non-hydrogen) atoms. The van der Waals surface area contributed by atoms with Gasteiger partial charge in [0.2, 0.25) is 0 Å². The average Bonchev–Trinajstić information content (AvgIpc) is 2.28. The zero-order valence-corrected chi connectivity index (χ0v) is 9.45. The van der Waals surface area contributed by atoms with Gasteiger partial charge in [0.15, 0.2) is 0 Å². The van der Waals surface area contributed by atoms with E-state index in [1.807, 2.05) is 6.07 Å². The number of nitrogens with two attached hydrogens (primary N) is 2. The molecule has 0 saturated heterocycles. The molecule has 0 amide bonds. The fraction of sp³-hybridized carbons (Fsp3) is 0.545. The first-order valence-corrected chi connectivity index (χ1v) is 5.61. The predicted molar refractivity (Wildman–Crippen MR) is 67.1 cm³/mol. The number of unbranched alkanes of at least 4 members (excludes halogenated alkanes) is 3. The Hall–Kier alpha value is -1.49. The lowest BCUT2D eigenvalue weighted by Crippen LogP contribution is -2.06. The lowest BCUT2D eigenvalue weighted by Gasteiger charge is -2.07. The van der Waals surface area contributed by atoms with E-state index in [9.17, 15) is 0 Å². The van der Waals surface area contributed by atoms with Crippen molar-refractivity contribution in [1.82, 2.24) is 4.98 Å². The molecule has 0 radical (unpaired) electrons. The van der Waals surface area contributed by atoms with Gasteiger partial charge in [-0.2, -0.15) is 0 Å². The molecule has 0 bridgehead atoms. The first-order valence-electron chi connectivity index (χ1n) is 5.61. The fourth-order valence-electron chi connectivity index (χ4n) is 1.39. The lowest BCUT2D eigenvalue weighted by atomic mass is 10.2. The van der Waals surface area contributed by atoms with Crippen molar-refractivity contribution >= 4 is 17.3 Å². The quantitative estimate of drug-likeness (QED) is 0.522. The Labute approximate surface area is 95.9 Å². The largest absolute Gasteiger partial charge is 0.396 e. The van der Waals surface area contributed by atoms with Crippen LogP contribution in [0.25, 0.3) is 0 Å². The number of aromatic nitrogens is 1. The van der Waals surface area contributed by atoms with Crippen LogP contribution in [0.4, 0.5) is 17.3 Å². The van der Waals surface area contributed by atoms with E-state index in [-0.39, 0.29) is 6.61 Å². The normalized spacial score (nSPS) is 10.3. The monoisotopic (exact) mass is 224 g/mol. The summed E-state index contributed by atoms with van der Waals surface area (Å²) >= 11 is 0. The van der Waals surface area contributed by atoms with Crippen molar-refractivity contribution in [3.63, 3.8) is 0 Å². The van der Waals surface area contributed by atoms with E-state index in [1.54, 1.807) is 6.07 Å². The molecule has 6 N–H and O–H groups in total. The average molecular weight is 224 g/mol. The summed E-state index contributed by atoms with van der Waals surface area (Å²) in [7, 11) is 0. The number of nitrogens with one attached hydrogen (secondary N) is 1. The first-order chi connectivity index (χ1) is 7.74. The highest BCUT2D eigenvalue weighted by molar-refractivity contribution is 5.61. The highest BCUT2D eigenvalue weighted by atomic mass is 16.2. The Morgan fingerprint density at radius 3 is 2.56 bits per heavy atom. The standard InChI is InChI=1S/C11H20N4O/c12-9-5-6-10(15-11(9)13)14-7-3-1-2-4-8-16/h5-6,16H,1-4,7-8,12H2,(H3,13,14,15). The number of rotatable bonds is 7. The molecule has 90 valence electrons. The topological polar surface area (TPSA) is 97.2 Å². The highest BCUT2D eigenvalue weighted by Gasteiger charge is 1.98. The van der Waals surface area contributed by atoms with Crippen molar-refractivity contribution in [2.75, 3.05) is 29.9 Å². The lowest BCUT2D eigenvalue weighted by molar-refractivity contribution is 0.283. The van der Waals surface area contributed by atoms with Crippen LogP contribution in [-0.2, 0) is 0 Å². The number of nitrogen functional groups attached to an aromatic ring is 2. The molecule has 1 rings (SSSR count). The van der Waals surface area contributed by atoms with E-state index >= 15 is 0 Å². The summed E-state index contributed by atoms with van der Waals surface area (Å²) in [5, 5.41) is 11.8. The van der Waals surface area contributed by atoms with Crippen LogP contribution in [0, 0.1) is 0 Å². The van der Waals surface area contributed by atoms with Crippen LogP contribution in [0.1, 0.15) is 25.7 Å². The van der Waals surface area contributed by atoms with Gasteiger partial charge in [0.25, 0.3) is 0 Å². The zero-order chi connectivity index (χ0) is 11.8. The zero-order valence-electron chi connectivity index (χ0n) is 9.45. The van der Waals surface area contributed by atoms with Gasteiger partial charge in [-0.1, -0.05) is 12.8 Å². The van der Waals surface area contributed by atoms with Gasteiger partial charge in [-0.3, -0.25) is 0 Å². The Kier molecular flexibility index (Phi) is 5.42. The van der Waals surface area contributed by atoms with Gasteiger partial charge >= 0.3 is 0 Å². The molecule has 0 aromatic carbocycles. The minimum atomic E-state index is 0.281. The third kappa shape index (κ3) is 4.35. The van der Waals surface area contributed by atoms with Gasteiger partial charge in [0.1, 0.15) is 11.6 Å². The number of nitrogens with zero attached hydrogens (tertiary/aromatic N) is 1. The summed E-state index contributed by atoms with van der Waals surface area (Å²) in [5.74, 6) is 1.12. The second-order valence-corrected chi connectivity index (χ2v) is 3.74. The maximum Gasteiger partial charge on any atom is 0.149 e. The van der Waals surface area contributed by atoms with Gasteiger partial charge in [0, 0.05) is 13.2 Å². The third-order valence-corrected chi connectivity index (χ3v) is 2.35. The highest BCUT2D eigenvalue weighted by Crippen LogP contribution is 2.14. The Morgan fingerprint density at radius 1 is 1.12 bits per heavy atom. The van der Waals surface area contributed by atoms with E-state index in [1.165, 1.54) is 0 Å². The van der Waals surface area contributed by atoms with Gasteiger partial charge in [-0.25, -0.2) is 4.98 Å². The minimum Gasteiger partial charge on any atom is -0.396 e. The molecule has 0 atom stereocenters. The Morgan fingerprint density at radius 2 is 1.88 bits per heavy atom. The van der Waals surface area contributed by atoms with Crippen LogP contribution in [0.15, 0.2) is 12.1 Å². The number of hydrogen-bond donors (Lipinski definition) is 4. The second kappa shape index (κ2) is 6.90. The summed E-state index contributed by atoms with van der Waals surface area (Å²) < 4.78 is 0. The molecule has 0 aliphatic heterocycles. The molecule has 0 unspecified atom stereocenters. The second-order valence-electron chi connectivity index (χ2n) is 3.74. The molecule has 1 aromatic rings. The summed E-state index contributed by atoms with van der Waals surface area (Å²) in [6, 6.07) is 3.57. The summed E-state index contributed by atoms with van der Waals surface area (Å²) in [5.41, 5.74) is 11.7. The van der Waals surface area contributed by atoms with Crippen LogP contribution in [0.5, 0.6) is 0 Å². The molecular weight excluding hydrogens is 204 g/mol. The van der Waals surface area contributed by atoms with Crippen molar-refractivity contribution in [1.29, 1.82) is 0 Å². The van der Waals surface area contributed by atoms with Gasteiger partial charge in [-0.05, 0) is 25.0 Å². The fourth-order valence-corrected chi connectivity index (χ4v) is 1.39. The van der Waals surface area contributed by atoms with Crippen molar-refractivity contribution in [2.45, 2.75) is 25.7 Å². The van der Waals surface area contributed by atoms with E-state index < -0.39 is 0 Å². The number of aliphatic hydroxyl groups is 1. The summed E-state index contributed by atoms with van der Waals surface area (Å²) in [6.45, 7) is 1.14. The first kappa shape index (κ1) is 12.6. The van der Waals surface area contributed by atoms with Crippen molar-refractivity contribution in [3.8, 4) is 0 Å².